The number of rotatable bonds is 9. The molecule has 1 unspecified atom stereocenters. The molecule has 0 fully saturated rings. The zero-order chi connectivity index (χ0) is 16.2. The predicted molar refractivity (Wildman–Crippen MR) is 82.2 cm³/mol. The van der Waals surface area contributed by atoms with Crippen LogP contribution in [0.4, 0.5) is 0 Å². The maximum atomic E-state index is 9.43. The summed E-state index contributed by atoms with van der Waals surface area (Å²) in [5.74, 6) is -1.81. The number of hydrogen-bond donors (Lipinski definition) is 2. The Kier molecular flexibility index (Phi) is 13.4. The van der Waals surface area contributed by atoms with E-state index in [2.05, 4.69) is 45.4 Å². The summed E-state index contributed by atoms with van der Waals surface area (Å²) >= 11 is 2.40. The van der Waals surface area contributed by atoms with Gasteiger partial charge in [0.25, 0.3) is 0 Å². The van der Waals surface area contributed by atoms with Crippen molar-refractivity contribution in [1.82, 2.24) is 0 Å². The van der Waals surface area contributed by atoms with E-state index in [0.29, 0.717) is 4.09 Å². The van der Waals surface area contributed by atoms with Gasteiger partial charge in [0.1, 0.15) is 6.42 Å². The molecular formula is C15H29LiO4. The summed E-state index contributed by atoms with van der Waals surface area (Å²) in [5.41, 5.74) is 0. The van der Waals surface area contributed by atoms with Gasteiger partial charge < -0.3 is 10.2 Å². The van der Waals surface area contributed by atoms with Crippen LogP contribution in [0.15, 0.2) is 0 Å². The molecule has 0 radical (unpaired) electrons. The van der Waals surface area contributed by atoms with Gasteiger partial charge in [-0.05, 0) is 0 Å². The van der Waals surface area contributed by atoms with Crippen molar-refractivity contribution in [2.24, 2.45) is 5.92 Å². The van der Waals surface area contributed by atoms with Crippen LogP contribution in [0.5, 0.6) is 0 Å². The molecule has 0 saturated carbocycles. The van der Waals surface area contributed by atoms with Crippen LogP contribution < -0.4 is 0 Å². The van der Waals surface area contributed by atoms with Crippen LogP contribution in [-0.2, 0) is 9.59 Å². The number of unbranched alkanes of at least 4 members (excludes halogenated alkanes) is 4. The molecule has 0 saturated heterocycles. The number of aliphatic carboxylic acids is 2. The van der Waals surface area contributed by atoms with Gasteiger partial charge in [-0.25, -0.2) is 0 Å². The Morgan fingerprint density at radius 1 is 1.05 bits per heavy atom. The molecule has 0 aliphatic rings. The number of carboxylic acids is 2. The van der Waals surface area contributed by atoms with E-state index in [1.54, 1.807) is 0 Å². The Labute approximate surface area is 132 Å². The van der Waals surface area contributed by atoms with E-state index in [-0.39, 0.29) is 0 Å². The molecular weight excluding hydrogens is 251 g/mol. The summed E-state index contributed by atoms with van der Waals surface area (Å²) < 4.78 is 0.548. The van der Waals surface area contributed by atoms with E-state index in [1.807, 2.05) is 0 Å². The van der Waals surface area contributed by atoms with Crippen molar-refractivity contribution in [2.75, 3.05) is 0 Å². The van der Waals surface area contributed by atoms with Gasteiger partial charge in [0, 0.05) is 0 Å². The van der Waals surface area contributed by atoms with Crippen molar-refractivity contribution in [1.29, 1.82) is 0 Å². The standard InChI is InChI=1S/C12H25.C3H4O4.Li/c1-5-6-7-8-9-10-12(4)11(2)3;4-2(5)1-3(6)7;/h11H,5-10H2,1-4H3;1H2,(H,4,5)(H,6,7);. The number of hydrogen-bond acceptors (Lipinski definition) is 2. The molecule has 0 aromatic rings. The third kappa shape index (κ3) is 15.6. The zero-order valence-electron chi connectivity index (χ0n) is 13.7. The molecule has 4 nitrogen and oxygen atoms in total. The molecule has 0 heterocycles. The molecule has 0 rings (SSSR count). The second-order valence-corrected chi connectivity index (χ2v) is 6.27. The molecule has 5 heteroatoms. The Hall–Kier alpha value is -0.463. The van der Waals surface area contributed by atoms with Crippen LogP contribution in [0.25, 0.3) is 0 Å². The molecule has 0 aromatic carbocycles. The van der Waals surface area contributed by atoms with Crippen molar-refractivity contribution in [3.63, 3.8) is 0 Å². The first-order valence-corrected chi connectivity index (χ1v) is 7.57. The molecule has 0 aliphatic heterocycles. The average Bonchev–Trinajstić information content (AvgIpc) is 2.27. The normalized spacial score (nSPS) is 13.3. The molecule has 2 N–H and O–H groups in total. The van der Waals surface area contributed by atoms with Gasteiger partial charge in [-0.15, -0.1) is 0 Å². The van der Waals surface area contributed by atoms with Gasteiger partial charge in [0.2, 0.25) is 0 Å². The van der Waals surface area contributed by atoms with Crippen LogP contribution in [0, 0.1) is 5.92 Å². The van der Waals surface area contributed by atoms with Gasteiger partial charge >= 0.3 is 106 Å². The Morgan fingerprint density at radius 3 is 1.80 bits per heavy atom. The van der Waals surface area contributed by atoms with Crippen molar-refractivity contribution in [3.05, 3.63) is 0 Å². The monoisotopic (exact) mass is 280 g/mol. The second kappa shape index (κ2) is 12.3. The number of carboxylic acid groups (broad SMARTS) is 2. The number of carbonyl (C=O) groups is 2. The summed E-state index contributed by atoms with van der Waals surface area (Å²) in [5, 5.41) is 15.4. The zero-order valence-corrected chi connectivity index (χ0v) is 13.7. The molecule has 1 atom stereocenters. The Bertz CT molecular complexity index is 263. The average molecular weight is 280 g/mol. The molecule has 114 valence electrons. The van der Waals surface area contributed by atoms with E-state index >= 15 is 0 Å². The summed E-state index contributed by atoms with van der Waals surface area (Å²) in [4.78, 5) is 18.9. The summed E-state index contributed by atoms with van der Waals surface area (Å²) in [6.45, 7) is 9.35. The van der Waals surface area contributed by atoms with E-state index in [0.717, 1.165) is 5.92 Å². The van der Waals surface area contributed by atoms with Crippen LogP contribution in [0.3, 0.4) is 0 Å². The van der Waals surface area contributed by atoms with Gasteiger partial charge in [-0.2, -0.15) is 0 Å². The molecule has 0 aliphatic carbocycles. The fourth-order valence-electron chi connectivity index (χ4n) is 1.60. The van der Waals surface area contributed by atoms with Crippen molar-refractivity contribution >= 4 is 29.7 Å². The van der Waals surface area contributed by atoms with Gasteiger partial charge in [0.15, 0.2) is 0 Å². The first-order valence-electron chi connectivity index (χ1n) is 7.57. The first kappa shape index (κ1) is 21.8. The third-order valence-corrected chi connectivity index (χ3v) is 3.79. The third-order valence-electron chi connectivity index (χ3n) is 3.79. The molecule has 0 amide bonds. The summed E-state index contributed by atoms with van der Waals surface area (Å²) in [6, 6.07) is 0. The van der Waals surface area contributed by atoms with Crippen molar-refractivity contribution in [2.45, 2.75) is 76.7 Å². The topological polar surface area (TPSA) is 74.6 Å². The molecule has 0 bridgehead atoms. The predicted octanol–water partition coefficient (Wildman–Crippen LogP) is 3.90. The van der Waals surface area contributed by atoms with Gasteiger partial charge in [-0.3, -0.25) is 9.59 Å². The van der Waals surface area contributed by atoms with Crippen LogP contribution >= 0.6 is 0 Å². The van der Waals surface area contributed by atoms with Gasteiger partial charge in [0.05, 0.1) is 0 Å². The fraction of sp³-hybridized carbons (Fsp3) is 0.867. The van der Waals surface area contributed by atoms with E-state index in [1.165, 1.54) is 38.5 Å². The summed E-state index contributed by atoms with van der Waals surface area (Å²) in [6.07, 6.45) is 7.66. The van der Waals surface area contributed by atoms with Gasteiger partial charge in [-0.1, -0.05) is 0 Å². The van der Waals surface area contributed by atoms with E-state index < -0.39 is 18.4 Å². The molecule has 0 spiro atoms. The first-order chi connectivity index (χ1) is 9.13. The summed E-state index contributed by atoms with van der Waals surface area (Å²) in [7, 11) is 0. The van der Waals surface area contributed by atoms with Crippen LogP contribution in [0.2, 0.25) is 4.09 Å². The fourth-order valence-corrected chi connectivity index (χ4v) is 1.60. The van der Waals surface area contributed by atoms with Crippen LogP contribution in [0.1, 0.15) is 72.6 Å². The Balaban J connectivity index is 0. The van der Waals surface area contributed by atoms with Crippen molar-refractivity contribution in [3.8, 4) is 0 Å². The Morgan fingerprint density at radius 2 is 1.50 bits per heavy atom. The van der Waals surface area contributed by atoms with Crippen molar-refractivity contribution < 1.29 is 19.8 Å². The van der Waals surface area contributed by atoms with E-state index in [4.69, 9.17) is 10.2 Å². The SMILES string of the molecule is O=C(O)CC(=O)O.[Li][C](C)(CCCCCCC)C(C)C. The quantitative estimate of drug-likeness (QED) is 0.381. The molecule has 20 heavy (non-hydrogen) atoms. The molecule has 0 aromatic heterocycles. The maximum absolute atomic E-state index is 9.43. The minimum atomic E-state index is -1.31. The minimum absolute atomic E-state index is 0.548. The second-order valence-electron chi connectivity index (χ2n) is 6.27. The van der Waals surface area contributed by atoms with E-state index in [9.17, 15) is 9.59 Å². The van der Waals surface area contributed by atoms with Crippen LogP contribution in [-0.4, -0.2) is 39.9 Å².